The summed E-state index contributed by atoms with van der Waals surface area (Å²) in [5.41, 5.74) is 1.57. The molecule has 1 aromatic carbocycles. The first kappa shape index (κ1) is 22.6. The summed E-state index contributed by atoms with van der Waals surface area (Å²) in [4.78, 5) is 22.8. The van der Waals surface area contributed by atoms with Crippen LogP contribution in [0.5, 0.6) is 0 Å². The topological polar surface area (TPSA) is 91.5 Å². The van der Waals surface area contributed by atoms with E-state index >= 15 is 0 Å². The van der Waals surface area contributed by atoms with Crippen molar-refractivity contribution in [2.45, 2.75) is 39.8 Å². The van der Waals surface area contributed by atoms with Crippen LogP contribution in [0.1, 0.15) is 45.4 Å². The van der Waals surface area contributed by atoms with E-state index in [1.165, 1.54) is 4.88 Å². The van der Waals surface area contributed by atoms with E-state index in [2.05, 4.69) is 32.9 Å². The van der Waals surface area contributed by atoms with Crippen molar-refractivity contribution in [2.75, 3.05) is 13.1 Å². The van der Waals surface area contributed by atoms with E-state index in [9.17, 15) is 4.79 Å². The summed E-state index contributed by atoms with van der Waals surface area (Å²) in [7, 11) is 0. The molecule has 0 unspecified atom stereocenters. The smallest absolute Gasteiger partial charge is 0.251 e. The standard InChI is InChI=1S/C23H29N5O2S/c1-3-20-16-26-21(31-20)10-11-25-23(24-4-2)28-14-17-7-5-8-18(13-17)22(29)27-15-19-9-6-12-30-19/h5-9,12-13,16H,3-4,10-11,14-15H2,1-2H3,(H,27,29)(H2,24,25,28). The highest BCUT2D eigenvalue weighted by Gasteiger charge is 2.07. The summed E-state index contributed by atoms with van der Waals surface area (Å²) in [6, 6.07) is 11.1. The molecule has 3 N–H and O–H groups in total. The molecule has 164 valence electrons. The first-order valence-corrected chi connectivity index (χ1v) is 11.3. The molecular formula is C23H29N5O2S. The number of nitrogens with zero attached hydrogens (tertiary/aromatic N) is 2. The van der Waals surface area contributed by atoms with Crippen molar-refractivity contribution in [2.24, 2.45) is 4.99 Å². The zero-order valence-corrected chi connectivity index (χ0v) is 18.8. The molecule has 0 spiro atoms. The van der Waals surface area contributed by atoms with Crippen LogP contribution >= 0.6 is 11.3 Å². The van der Waals surface area contributed by atoms with Gasteiger partial charge in [-0.05, 0) is 43.2 Å². The summed E-state index contributed by atoms with van der Waals surface area (Å²) in [6.07, 6.45) is 5.43. The van der Waals surface area contributed by atoms with Crippen molar-refractivity contribution in [1.29, 1.82) is 0 Å². The molecule has 0 bridgehead atoms. The van der Waals surface area contributed by atoms with Gasteiger partial charge in [0.25, 0.3) is 5.91 Å². The molecular weight excluding hydrogens is 410 g/mol. The number of hydrogen-bond acceptors (Lipinski definition) is 5. The van der Waals surface area contributed by atoms with E-state index in [-0.39, 0.29) is 5.91 Å². The molecule has 0 aliphatic rings. The van der Waals surface area contributed by atoms with Gasteiger partial charge in [-0.2, -0.15) is 0 Å². The van der Waals surface area contributed by atoms with E-state index in [0.29, 0.717) is 18.7 Å². The monoisotopic (exact) mass is 439 g/mol. The number of carbonyl (C=O) groups is 1. The van der Waals surface area contributed by atoms with Crippen molar-refractivity contribution < 1.29 is 9.21 Å². The predicted molar refractivity (Wildman–Crippen MR) is 124 cm³/mol. The molecule has 0 saturated heterocycles. The summed E-state index contributed by atoms with van der Waals surface area (Å²) in [6.45, 7) is 6.56. The van der Waals surface area contributed by atoms with Gasteiger partial charge in [0.05, 0.1) is 24.4 Å². The van der Waals surface area contributed by atoms with Crippen LogP contribution in [0, 0.1) is 0 Å². The van der Waals surface area contributed by atoms with Gasteiger partial charge in [0.2, 0.25) is 0 Å². The molecule has 2 heterocycles. The number of nitrogens with one attached hydrogen (secondary N) is 3. The average molecular weight is 440 g/mol. The van der Waals surface area contributed by atoms with Crippen molar-refractivity contribution in [3.05, 3.63) is 75.6 Å². The minimum absolute atomic E-state index is 0.137. The summed E-state index contributed by atoms with van der Waals surface area (Å²) in [5.74, 6) is 1.34. The van der Waals surface area contributed by atoms with Gasteiger partial charge < -0.3 is 20.4 Å². The first-order valence-electron chi connectivity index (χ1n) is 10.5. The largest absolute Gasteiger partial charge is 0.467 e. The number of guanidine groups is 1. The molecule has 3 aromatic rings. The molecule has 0 atom stereocenters. The van der Waals surface area contributed by atoms with Gasteiger partial charge in [-0.3, -0.25) is 4.79 Å². The van der Waals surface area contributed by atoms with Crippen LogP contribution in [0.4, 0.5) is 0 Å². The van der Waals surface area contributed by atoms with Crippen LogP contribution in [-0.2, 0) is 25.9 Å². The second kappa shape index (κ2) is 11.9. The Hall–Kier alpha value is -3.13. The molecule has 0 saturated carbocycles. The molecule has 3 rings (SSSR count). The number of rotatable bonds is 10. The SMILES string of the molecule is CCNC(=NCc1cccc(C(=O)NCc2ccco2)c1)NCCc1ncc(CC)s1. The van der Waals surface area contributed by atoms with Crippen molar-refractivity contribution >= 4 is 23.2 Å². The van der Waals surface area contributed by atoms with Gasteiger partial charge in [-0.15, -0.1) is 11.3 Å². The lowest BCUT2D eigenvalue weighted by Gasteiger charge is -2.11. The van der Waals surface area contributed by atoms with E-state index < -0.39 is 0 Å². The van der Waals surface area contributed by atoms with Gasteiger partial charge in [-0.25, -0.2) is 9.98 Å². The molecule has 0 aliphatic heterocycles. The van der Waals surface area contributed by atoms with Crippen LogP contribution < -0.4 is 16.0 Å². The molecule has 7 nitrogen and oxygen atoms in total. The zero-order valence-electron chi connectivity index (χ0n) is 18.0. The Morgan fingerprint density at radius 2 is 2.06 bits per heavy atom. The van der Waals surface area contributed by atoms with Gasteiger partial charge in [0, 0.05) is 36.1 Å². The molecule has 31 heavy (non-hydrogen) atoms. The highest BCUT2D eigenvalue weighted by Crippen LogP contribution is 2.13. The highest BCUT2D eigenvalue weighted by molar-refractivity contribution is 7.11. The number of carbonyl (C=O) groups excluding carboxylic acids is 1. The van der Waals surface area contributed by atoms with E-state index in [4.69, 9.17) is 4.42 Å². The number of furan rings is 1. The van der Waals surface area contributed by atoms with E-state index in [1.54, 1.807) is 29.7 Å². The van der Waals surface area contributed by atoms with E-state index in [0.717, 1.165) is 48.2 Å². The van der Waals surface area contributed by atoms with Gasteiger partial charge in [0.1, 0.15) is 5.76 Å². The number of amides is 1. The Bertz CT molecular complexity index is 982. The van der Waals surface area contributed by atoms with Crippen LogP contribution in [0.2, 0.25) is 0 Å². The van der Waals surface area contributed by atoms with Crippen molar-refractivity contribution in [3.63, 3.8) is 0 Å². The molecule has 0 fully saturated rings. The predicted octanol–water partition coefficient (Wildman–Crippen LogP) is 3.53. The Morgan fingerprint density at radius 1 is 1.16 bits per heavy atom. The van der Waals surface area contributed by atoms with Crippen LogP contribution in [0.3, 0.4) is 0 Å². The lowest BCUT2D eigenvalue weighted by atomic mass is 10.1. The van der Waals surface area contributed by atoms with E-state index in [1.807, 2.05) is 37.4 Å². The molecule has 8 heteroatoms. The third-order valence-corrected chi connectivity index (χ3v) is 5.74. The Morgan fingerprint density at radius 3 is 2.81 bits per heavy atom. The Balaban J connectivity index is 1.53. The fraction of sp³-hybridized carbons (Fsp3) is 0.348. The third kappa shape index (κ3) is 7.25. The van der Waals surface area contributed by atoms with Crippen LogP contribution in [-0.4, -0.2) is 29.9 Å². The number of hydrogen-bond donors (Lipinski definition) is 3. The van der Waals surface area contributed by atoms with Crippen LogP contribution in [0.15, 0.2) is 58.3 Å². The normalized spacial score (nSPS) is 11.4. The first-order chi connectivity index (χ1) is 15.2. The van der Waals surface area contributed by atoms with Crippen LogP contribution in [0.25, 0.3) is 0 Å². The second-order valence-corrected chi connectivity index (χ2v) is 8.11. The van der Waals surface area contributed by atoms with Gasteiger partial charge in [0.15, 0.2) is 5.96 Å². The Kier molecular flexibility index (Phi) is 8.66. The number of aryl methyl sites for hydroxylation is 1. The van der Waals surface area contributed by atoms with Crippen molar-refractivity contribution in [1.82, 2.24) is 20.9 Å². The van der Waals surface area contributed by atoms with Gasteiger partial charge >= 0.3 is 0 Å². The lowest BCUT2D eigenvalue weighted by Crippen LogP contribution is -2.38. The maximum absolute atomic E-state index is 12.4. The fourth-order valence-corrected chi connectivity index (χ4v) is 3.78. The van der Waals surface area contributed by atoms with Crippen molar-refractivity contribution in [3.8, 4) is 0 Å². The fourth-order valence-electron chi connectivity index (χ4n) is 2.92. The molecule has 0 aliphatic carbocycles. The molecule has 1 amide bonds. The third-order valence-electron chi connectivity index (χ3n) is 4.54. The zero-order chi connectivity index (χ0) is 21.9. The number of aliphatic imine (C=N–C) groups is 1. The number of aromatic nitrogens is 1. The highest BCUT2D eigenvalue weighted by atomic mass is 32.1. The summed E-state index contributed by atoms with van der Waals surface area (Å²) < 4.78 is 5.25. The molecule has 0 radical (unpaired) electrons. The quantitative estimate of drug-likeness (QED) is 0.332. The second-order valence-electron chi connectivity index (χ2n) is 6.91. The average Bonchev–Trinajstić information content (AvgIpc) is 3.48. The van der Waals surface area contributed by atoms with Gasteiger partial charge in [-0.1, -0.05) is 19.1 Å². The summed E-state index contributed by atoms with van der Waals surface area (Å²) >= 11 is 1.76. The number of thiazole rings is 1. The minimum atomic E-state index is -0.137. The summed E-state index contributed by atoms with van der Waals surface area (Å²) in [5, 5.41) is 10.6. The maximum Gasteiger partial charge on any atom is 0.251 e. The Labute approximate surface area is 187 Å². The molecule has 2 aromatic heterocycles. The minimum Gasteiger partial charge on any atom is -0.467 e. The lowest BCUT2D eigenvalue weighted by molar-refractivity contribution is 0.0948. The maximum atomic E-state index is 12.4. The number of benzene rings is 1.